The van der Waals surface area contributed by atoms with Gasteiger partial charge < -0.3 is 5.32 Å². The van der Waals surface area contributed by atoms with Gasteiger partial charge in [0.25, 0.3) is 0 Å². The van der Waals surface area contributed by atoms with Gasteiger partial charge in [0.15, 0.2) is 0 Å². The molecule has 1 aromatic rings. The zero-order valence-electron chi connectivity index (χ0n) is 13.5. The summed E-state index contributed by atoms with van der Waals surface area (Å²) in [6, 6.07) is 12.1. The molecule has 0 radical (unpaired) electrons. The van der Waals surface area contributed by atoms with Gasteiger partial charge in [-0.3, -0.25) is 4.90 Å². The van der Waals surface area contributed by atoms with Gasteiger partial charge in [-0.25, -0.2) is 0 Å². The van der Waals surface area contributed by atoms with Gasteiger partial charge in [0.05, 0.1) is 0 Å². The fraction of sp³-hybridized carbons (Fsp3) is 0.667. The lowest BCUT2D eigenvalue weighted by Gasteiger charge is -2.50. The molecule has 2 rings (SSSR count). The van der Waals surface area contributed by atoms with E-state index >= 15 is 0 Å². The summed E-state index contributed by atoms with van der Waals surface area (Å²) in [4.78, 5) is 2.76. The first-order valence-corrected chi connectivity index (χ1v) is 8.19. The van der Waals surface area contributed by atoms with Gasteiger partial charge >= 0.3 is 0 Å². The molecule has 0 aromatic heterocycles. The average molecular weight is 274 g/mol. The van der Waals surface area contributed by atoms with Gasteiger partial charge in [0.2, 0.25) is 0 Å². The molecule has 1 fully saturated rings. The molecular weight excluding hydrogens is 244 g/mol. The minimum atomic E-state index is 0.302. The number of hydrogen-bond acceptors (Lipinski definition) is 2. The maximum Gasteiger partial charge on any atom is 0.0478 e. The number of nitrogens with zero attached hydrogens (tertiary/aromatic N) is 1. The minimum Gasteiger partial charge on any atom is -0.311 e. The first kappa shape index (κ1) is 15.5. The van der Waals surface area contributed by atoms with Crippen LogP contribution in [0.15, 0.2) is 30.3 Å². The molecule has 1 saturated heterocycles. The van der Waals surface area contributed by atoms with E-state index in [4.69, 9.17) is 0 Å². The van der Waals surface area contributed by atoms with Crippen molar-refractivity contribution in [1.82, 2.24) is 10.2 Å². The zero-order valence-corrected chi connectivity index (χ0v) is 13.5. The highest BCUT2D eigenvalue weighted by Gasteiger charge is 2.38. The quantitative estimate of drug-likeness (QED) is 0.873. The summed E-state index contributed by atoms with van der Waals surface area (Å²) in [7, 11) is 0. The fourth-order valence-corrected chi connectivity index (χ4v) is 3.32. The van der Waals surface area contributed by atoms with Crippen LogP contribution in [0.2, 0.25) is 0 Å². The van der Waals surface area contributed by atoms with Gasteiger partial charge in [-0.15, -0.1) is 0 Å². The van der Waals surface area contributed by atoms with Crippen LogP contribution in [0.25, 0.3) is 0 Å². The van der Waals surface area contributed by atoms with E-state index in [2.05, 4.69) is 68.2 Å². The Morgan fingerprint density at radius 2 is 1.80 bits per heavy atom. The molecule has 2 heteroatoms. The fourth-order valence-electron chi connectivity index (χ4n) is 3.32. The van der Waals surface area contributed by atoms with E-state index in [0.29, 0.717) is 17.6 Å². The van der Waals surface area contributed by atoms with Gasteiger partial charge in [-0.05, 0) is 31.7 Å². The van der Waals surface area contributed by atoms with Crippen molar-refractivity contribution in [2.45, 2.75) is 64.6 Å². The third-order valence-corrected chi connectivity index (χ3v) is 5.29. The molecular formula is C18H30N2. The SMILES string of the molecule is CCC1CN(C(C)(CC)CC)C(c2ccccc2)CN1. The maximum absolute atomic E-state index is 3.73. The summed E-state index contributed by atoms with van der Waals surface area (Å²) >= 11 is 0. The predicted octanol–water partition coefficient (Wildman–Crippen LogP) is 3.99. The molecule has 20 heavy (non-hydrogen) atoms. The van der Waals surface area contributed by atoms with Crippen molar-refractivity contribution in [3.63, 3.8) is 0 Å². The van der Waals surface area contributed by atoms with E-state index in [1.165, 1.54) is 24.8 Å². The molecule has 0 bridgehead atoms. The molecule has 112 valence electrons. The molecule has 1 N–H and O–H groups in total. The normalized spacial score (nSPS) is 24.8. The Kier molecular flexibility index (Phi) is 5.22. The van der Waals surface area contributed by atoms with E-state index in [9.17, 15) is 0 Å². The van der Waals surface area contributed by atoms with Crippen LogP contribution in [0.3, 0.4) is 0 Å². The number of hydrogen-bond donors (Lipinski definition) is 1. The second-order valence-electron chi connectivity index (χ2n) is 6.30. The van der Waals surface area contributed by atoms with Gasteiger partial charge in [0.1, 0.15) is 0 Å². The topological polar surface area (TPSA) is 15.3 Å². The summed E-state index contributed by atoms with van der Waals surface area (Å²) in [5, 5.41) is 3.73. The smallest absolute Gasteiger partial charge is 0.0478 e. The van der Waals surface area contributed by atoms with Crippen molar-refractivity contribution in [3.05, 3.63) is 35.9 Å². The second-order valence-corrected chi connectivity index (χ2v) is 6.30. The summed E-state index contributed by atoms with van der Waals surface area (Å²) in [6.07, 6.45) is 3.63. The van der Waals surface area contributed by atoms with Crippen molar-refractivity contribution >= 4 is 0 Å². The highest BCUT2D eigenvalue weighted by Crippen LogP contribution is 2.35. The van der Waals surface area contributed by atoms with Crippen molar-refractivity contribution in [2.75, 3.05) is 13.1 Å². The van der Waals surface area contributed by atoms with Gasteiger partial charge in [-0.1, -0.05) is 51.1 Å². The molecule has 1 heterocycles. The lowest BCUT2D eigenvalue weighted by Crippen LogP contribution is -2.59. The number of piperazine rings is 1. The summed E-state index contributed by atoms with van der Waals surface area (Å²) < 4.78 is 0. The molecule has 2 unspecified atom stereocenters. The van der Waals surface area contributed by atoms with Crippen LogP contribution in [0.4, 0.5) is 0 Å². The largest absolute Gasteiger partial charge is 0.311 e. The van der Waals surface area contributed by atoms with Crippen LogP contribution >= 0.6 is 0 Å². The highest BCUT2D eigenvalue weighted by molar-refractivity contribution is 5.21. The lowest BCUT2D eigenvalue weighted by molar-refractivity contribution is 0.0125. The number of benzene rings is 1. The molecule has 2 nitrogen and oxygen atoms in total. The predicted molar refractivity (Wildman–Crippen MR) is 87.0 cm³/mol. The lowest BCUT2D eigenvalue weighted by atomic mass is 9.87. The minimum absolute atomic E-state index is 0.302. The summed E-state index contributed by atoms with van der Waals surface area (Å²) in [5.41, 5.74) is 1.75. The highest BCUT2D eigenvalue weighted by atomic mass is 15.3. The van der Waals surface area contributed by atoms with Crippen LogP contribution < -0.4 is 5.32 Å². The van der Waals surface area contributed by atoms with Crippen molar-refractivity contribution in [3.8, 4) is 0 Å². The van der Waals surface area contributed by atoms with Crippen molar-refractivity contribution in [2.24, 2.45) is 0 Å². The number of rotatable bonds is 5. The second kappa shape index (κ2) is 6.73. The van der Waals surface area contributed by atoms with Crippen LogP contribution in [0.1, 0.15) is 58.6 Å². The Labute approximate surface area is 124 Å². The first-order valence-electron chi connectivity index (χ1n) is 8.19. The Hall–Kier alpha value is -0.860. The molecule has 1 aliphatic rings. The first-order chi connectivity index (χ1) is 9.64. The number of nitrogens with one attached hydrogen (secondary N) is 1. The monoisotopic (exact) mass is 274 g/mol. The Morgan fingerprint density at radius 3 is 2.35 bits per heavy atom. The Morgan fingerprint density at radius 1 is 1.15 bits per heavy atom. The van der Waals surface area contributed by atoms with E-state index in [1.54, 1.807) is 0 Å². The summed E-state index contributed by atoms with van der Waals surface area (Å²) in [5.74, 6) is 0. The standard InChI is InChI=1S/C18H30N2/c1-5-16-14-20(18(4,6-2)7-3)17(13-19-16)15-11-9-8-10-12-15/h8-12,16-17,19H,5-7,13-14H2,1-4H3. The Bertz CT molecular complexity index is 397. The van der Waals surface area contributed by atoms with E-state index in [1.807, 2.05) is 0 Å². The molecule has 0 saturated carbocycles. The molecule has 2 atom stereocenters. The maximum atomic E-state index is 3.73. The van der Waals surface area contributed by atoms with Gasteiger partial charge in [-0.2, -0.15) is 0 Å². The Balaban J connectivity index is 2.29. The summed E-state index contributed by atoms with van der Waals surface area (Å²) in [6.45, 7) is 11.6. The van der Waals surface area contributed by atoms with Crippen molar-refractivity contribution in [1.29, 1.82) is 0 Å². The van der Waals surface area contributed by atoms with E-state index in [0.717, 1.165) is 13.1 Å². The molecule has 0 spiro atoms. The third kappa shape index (κ3) is 3.07. The zero-order chi connectivity index (χ0) is 14.6. The molecule has 0 amide bonds. The average Bonchev–Trinajstić information content (AvgIpc) is 2.54. The van der Waals surface area contributed by atoms with Crippen LogP contribution in [-0.2, 0) is 0 Å². The van der Waals surface area contributed by atoms with E-state index in [-0.39, 0.29) is 0 Å². The van der Waals surface area contributed by atoms with Crippen molar-refractivity contribution < 1.29 is 0 Å². The molecule has 0 aliphatic carbocycles. The third-order valence-electron chi connectivity index (χ3n) is 5.29. The van der Waals surface area contributed by atoms with Gasteiger partial charge in [0, 0.05) is 30.7 Å². The van der Waals surface area contributed by atoms with Crippen LogP contribution in [0.5, 0.6) is 0 Å². The van der Waals surface area contributed by atoms with Crippen LogP contribution in [0, 0.1) is 0 Å². The van der Waals surface area contributed by atoms with Crippen LogP contribution in [-0.4, -0.2) is 29.6 Å². The molecule has 1 aliphatic heterocycles. The van der Waals surface area contributed by atoms with E-state index < -0.39 is 0 Å². The molecule has 1 aromatic carbocycles.